The van der Waals surface area contributed by atoms with Crippen LogP contribution in [0.3, 0.4) is 0 Å². The summed E-state index contributed by atoms with van der Waals surface area (Å²) in [5.74, 6) is 5.43. The predicted octanol–water partition coefficient (Wildman–Crippen LogP) is 3.33. The van der Waals surface area contributed by atoms with Crippen LogP contribution in [-0.2, 0) is 20.0 Å². The summed E-state index contributed by atoms with van der Waals surface area (Å²) in [5.41, 5.74) is 0.190. The van der Waals surface area contributed by atoms with Crippen molar-refractivity contribution in [1.29, 1.82) is 0 Å². The van der Waals surface area contributed by atoms with Crippen LogP contribution in [0.15, 0.2) is 57.6 Å². The molecule has 0 radical (unpaired) electrons. The van der Waals surface area contributed by atoms with Crippen LogP contribution < -0.4 is 15.3 Å². The summed E-state index contributed by atoms with van der Waals surface area (Å²) in [7, 11) is -6.34. The highest BCUT2D eigenvalue weighted by molar-refractivity contribution is 14.1. The maximum Gasteiger partial charge on any atom is 0.271 e. The Labute approximate surface area is 195 Å². The highest BCUT2D eigenvalue weighted by Gasteiger charge is 2.21. The van der Waals surface area contributed by atoms with E-state index in [0.717, 1.165) is 18.5 Å². The first-order valence-corrected chi connectivity index (χ1v) is 13.4. The standard InChI is InChI=1S/C15H16I2N4O4S3/c1-10(5-6-21(2)18)27(22,23)19-13-8-11(16)12(17)9-14(13)20-28(24,25)15-4-3-7-26-15/h3-9,19-20H,1,18H2,2H3/b6-5-. The summed E-state index contributed by atoms with van der Waals surface area (Å²) < 4.78 is 56.7. The number of hydrogen-bond acceptors (Lipinski definition) is 7. The first-order chi connectivity index (χ1) is 12.9. The SMILES string of the molecule is C=C(/C=C\N(C)N)S(=O)(=O)Nc1cc(I)c(I)cc1NS(=O)(=O)c1cccs1. The van der Waals surface area contributed by atoms with Crippen molar-refractivity contribution in [2.45, 2.75) is 4.21 Å². The van der Waals surface area contributed by atoms with Gasteiger partial charge in [-0.25, -0.2) is 22.7 Å². The summed E-state index contributed by atoms with van der Waals surface area (Å²) in [4.78, 5) is -0.231. The topological polar surface area (TPSA) is 122 Å². The zero-order valence-corrected chi connectivity index (χ0v) is 21.2. The van der Waals surface area contributed by atoms with Crippen molar-refractivity contribution in [3.8, 4) is 0 Å². The molecule has 1 heterocycles. The third-order valence-corrected chi connectivity index (χ3v) is 10.0. The number of hydrazine groups is 1. The molecule has 28 heavy (non-hydrogen) atoms. The second-order valence-corrected chi connectivity index (χ2v) is 12.3. The molecule has 1 aromatic heterocycles. The first-order valence-electron chi connectivity index (χ1n) is 7.35. The van der Waals surface area contributed by atoms with Crippen molar-refractivity contribution >= 4 is 87.9 Å². The lowest BCUT2D eigenvalue weighted by molar-refractivity contribution is 0.485. The second kappa shape index (κ2) is 9.29. The average molecular weight is 666 g/mol. The smallest absolute Gasteiger partial charge is 0.271 e. The van der Waals surface area contributed by atoms with E-state index in [1.807, 2.05) is 45.2 Å². The number of rotatable bonds is 8. The number of hydrogen-bond donors (Lipinski definition) is 3. The molecule has 152 valence electrons. The Hall–Kier alpha value is -0.880. The zero-order chi connectivity index (χ0) is 21.1. The van der Waals surface area contributed by atoms with Gasteiger partial charge in [-0.2, -0.15) is 0 Å². The lowest BCUT2D eigenvalue weighted by atomic mass is 10.3. The molecule has 4 N–H and O–H groups in total. The number of nitrogens with zero attached hydrogens (tertiary/aromatic N) is 1. The molecule has 1 aromatic carbocycles. The van der Waals surface area contributed by atoms with E-state index in [0.29, 0.717) is 0 Å². The largest absolute Gasteiger partial charge is 0.321 e. The van der Waals surface area contributed by atoms with Crippen molar-refractivity contribution < 1.29 is 16.8 Å². The number of thiophene rings is 1. The quantitative estimate of drug-likeness (QED) is 0.172. The Kier molecular flexibility index (Phi) is 7.76. The molecule has 2 rings (SSSR count). The van der Waals surface area contributed by atoms with Crippen LogP contribution in [0.25, 0.3) is 0 Å². The molecule has 0 atom stereocenters. The van der Waals surface area contributed by atoms with Gasteiger partial charge in [-0.3, -0.25) is 9.44 Å². The maximum atomic E-state index is 12.6. The Bertz CT molecular complexity index is 1110. The van der Waals surface area contributed by atoms with E-state index in [4.69, 9.17) is 5.84 Å². The monoisotopic (exact) mass is 666 g/mol. The van der Waals surface area contributed by atoms with Gasteiger partial charge in [0.15, 0.2) is 0 Å². The Morgan fingerprint density at radius 2 is 1.75 bits per heavy atom. The number of sulfonamides is 2. The minimum atomic E-state index is -4.02. The minimum Gasteiger partial charge on any atom is -0.321 e. The van der Waals surface area contributed by atoms with Gasteiger partial charge in [-0.05, 0) is 74.8 Å². The summed E-state index contributed by atoms with van der Waals surface area (Å²) in [6.07, 6.45) is 2.56. The Morgan fingerprint density at radius 3 is 2.25 bits per heavy atom. The predicted molar refractivity (Wildman–Crippen MR) is 130 cm³/mol. The maximum absolute atomic E-state index is 12.6. The minimum absolute atomic E-state index is 0.0839. The molecule has 0 amide bonds. The van der Waals surface area contributed by atoms with E-state index in [1.54, 1.807) is 17.5 Å². The molecular weight excluding hydrogens is 650 g/mol. The van der Waals surface area contributed by atoms with E-state index >= 15 is 0 Å². The van der Waals surface area contributed by atoms with E-state index in [2.05, 4.69) is 16.0 Å². The van der Waals surface area contributed by atoms with Crippen LogP contribution in [0, 0.1) is 7.14 Å². The molecule has 2 aromatic rings. The van der Waals surface area contributed by atoms with E-state index in [-0.39, 0.29) is 20.5 Å². The Morgan fingerprint density at radius 1 is 1.18 bits per heavy atom. The van der Waals surface area contributed by atoms with Gasteiger partial charge >= 0.3 is 0 Å². The molecule has 0 bridgehead atoms. The molecule has 0 fully saturated rings. The fourth-order valence-electron chi connectivity index (χ4n) is 1.83. The van der Waals surface area contributed by atoms with Gasteiger partial charge in [0.05, 0.1) is 16.3 Å². The van der Waals surface area contributed by atoms with Crippen molar-refractivity contribution in [3.05, 3.63) is 60.5 Å². The number of nitrogens with one attached hydrogen (secondary N) is 2. The van der Waals surface area contributed by atoms with Crippen molar-refractivity contribution in [2.24, 2.45) is 5.84 Å². The van der Waals surface area contributed by atoms with Gasteiger partial charge in [-0.1, -0.05) is 12.6 Å². The first kappa shape index (κ1) is 23.4. The number of benzene rings is 1. The summed E-state index contributed by atoms with van der Waals surface area (Å²) in [6.45, 7) is 3.52. The number of anilines is 2. The van der Waals surface area contributed by atoms with Gasteiger partial charge in [0.2, 0.25) is 0 Å². The van der Waals surface area contributed by atoms with Gasteiger partial charge in [0, 0.05) is 20.4 Å². The number of halogens is 2. The summed E-state index contributed by atoms with van der Waals surface area (Å²) in [6, 6.07) is 6.17. The number of nitrogens with two attached hydrogens (primary N) is 1. The van der Waals surface area contributed by atoms with Gasteiger partial charge < -0.3 is 5.01 Å². The van der Waals surface area contributed by atoms with Crippen molar-refractivity contribution in [1.82, 2.24) is 5.01 Å². The zero-order valence-electron chi connectivity index (χ0n) is 14.4. The van der Waals surface area contributed by atoms with Crippen LogP contribution in [0.4, 0.5) is 11.4 Å². The molecule has 13 heteroatoms. The summed E-state index contributed by atoms with van der Waals surface area (Å²) >= 11 is 5.13. The van der Waals surface area contributed by atoms with Crippen LogP contribution in [0.5, 0.6) is 0 Å². The normalized spacial score (nSPS) is 12.1. The lowest BCUT2D eigenvalue weighted by Gasteiger charge is -2.16. The molecule has 0 aliphatic rings. The van der Waals surface area contributed by atoms with E-state index in [1.165, 1.54) is 36.5 Å². The number of allylic oxidation sites excluding steroid dienone is 1. The van der Waals surface area contributed by atoms with Crippen LogP contribution in [0.1, 0.15) is 0 Å². The highest BCUT2D eigenvalue weighted by Crippen LogP contribution is 2.32. The molecule has 0 aliphatic heterocycles. The Balaban J connectivity index is 2.42. The lowest BCUT2D eigenvalue weighted by Crippen LogP contribution is -2.20. The fraction of sp³-hybridized carbons (Fsp3) is 0.0667. The van der Waals surface area contributed by atoms with Crippen molar-refractivity contribution in [2.75, 3.05) is 16.5 Å². The molecule has 0 saturated carbocycles. The highest BCUT2D eigenvalue weighted by atomic mass is 127. The van der Waals surface area contributed by atoms with Crippen LogP contribution in [0.2, 0.25) is 0 Å². The van der Waals surface area contributed by atoms with Crippen LogP contribution in [-0.4, -0.2) is 28.9 Å². The van der Waals surface area contributed by atoms with E-state index < -0.39 is 20.0 Å². The third-order valence-electron chi connectivity index (χ3n) is 3.15. The third kappa shape index (κ3) is 6.06. The van der Waals surface area contributed by atoms with Crippen molar-refractivity contribution in [3.63, 3.8) is 0 Å². The molecule has 0 spiro atoms. The van der Waals surface area contributed by atoms with Crippen LogP contribution >= 0.6 is 56.5 Å². The van der Waals surface area contributed by atoms with Gasteiger partial charge in [0.25, 0.3) is 20.0 Å². The molecular formula is C15H16I2N4O4S3. The fourth-order valence-corrected chi connectivity index (χ4v) is 5.65. The molecule has 8 nitrogen and oxygen atoms in total. The second-order valence-electron chi connectivity index (χ2n) is 5.40. The van der Waals surface area contributed by atoms with Gasteiger partial charge in [-0.15, -0.1) is 11.3 Å². The molecule has 0 aliphatic carbocycles. The summed E-state index contributed by atoms with van der Waals surface area (Å²) in [5, 5.41) is 2.82. The average Bonchev–Trinajstić information content (AvgIpc) is 3.12. The molecule has 0 saturated heterocycles. The molecule has 0 unspecified atom stereocenters. The van der Waals surface area contributed by atoms with E-state index in [9.17, 15) is 16.8 Å². The van der Waals surface area contributed by atoms with Gasteiger partial charge in [0.1, 0.15) is 4.21 Å².